The highest BCUT2D eigenvalue weighted by Crippen LogP contribution is 2.20. The minimum Gasteiger partial charge on any atom is -0.317 e. The number of nitrogens with one attached hydrogen (secondary N) is 1. The summed E-state index contributed by atoms with van der Waals surface area (Å²) in [5.41, 5.74) is 2.41. The lowest BCUT2D eigenvalue weighted by molar-refractivity contribution is -0.433. The summed E-state index contributed by atoms with van der Waals surface area (Å²) in [5.74, 6) is -0.0970. The summed E-state index contributed by atoms with van der Waals surface area (Å²) >= 11 is 0. The van der Waals surface area contributed by atoms with Crippen molar-refractivity contribution in [2.24, 2.45) is 5.92 Å². The van der Waals surface area contributed by atoms with Crippen molar-refractivity contribution in [3.63, 3.8) is 0 Å². The van der Waals surface area contributed by atoms with Gasteiger partial charge in [0.1, 0.15) is 0 Å². The Hall–Kier alpha value is -2.45. The predicted molar refractivity (Wildman–Crippen MR) is 122 cm³/mol. The van der Waals surface area contributed by atoms with Crippen LogP contribution in [-0.2, 0) is 0 Å². The van der Waals surface area contributed by atoms with Crippen LogP contribution < -0.4 is 5.32 Å². The van der Waals surface area contributed by atoms with E-state index in [0.29, 0.717) is 12.0 Å². The second-order valence-electron chi connectivity index (χ2n) is 7.18. The first-order chi connectivity index (χ1) is 13.9. The summed E-state index contributed by atoms with van der Waals surface area (Å²) in [6, 6.07) is 9.35. The van der Waals surface area contributed by atoms with E-state index in [-0.39, 0.29) is 16.5 Å². The second kappa shape index (κ2) is 16.5. The molecule has 1 heterocycles. The number of nitro groups is 1. The standard InChI is InChI=1S/C16H18N2O2.C5H11N.C3H8/c1-4-12(2)16(18(19)20)10-9-13(3)15-8-6-5-7-14(15)11-17;1-2-4-6-5-3-1;1-3-2/h5-10,12H,4H2,1-3H3;6H,1-5H2;3H2,1-2H3/b13-9+,16-10+;;. The minimum atomic E-state index is -0.339. The fourth-order valence-corrected chi connectivity index (χ4v) is 2.64. The summed E-state index contributed by atoms with van der Waals surface area (Å²) in [6.45, 7) is 12.4. The van der Waals surface area contributed by atoms with Gasteiger partial charge >= 0.3 is 0 Å². The normalized spacial score (nSPS) is 15.0. The average Bonchev–Trinajstić information content (AvgIpc) is 2.75. The van der Waals surface area contributed by atoms with E-state index in [2.05, 4.69) is 25.2 Å². The van der Waals surface area contributed by atoms with Crippen molar-refractivity contribution in [2.75, 3.05) is 13.1 Å². The number of nitriles is 1. The zero-order valence-corrected chi connectivity index (χ0v) is 18.7. The molecule has 0 amide bonds. The van der Waals surface area contributed by atoms with Gasteiger partial charge < -0.3 is 5.32 Å². The van der Waals surface area contributed by atoms with Gasteiger partial charge in [0.05, 0.1) is 16.6 Å². The number of hydrogen-bond acceptors (Lipinski definition) is 4. The molecule has 1 unspecified atom stereocenters. The quantitative estimate of drug-likeness (QED) is 0.356. The van der Waals surface area contributed by atoms with E-state index in [4.69, 9.17) is 5.26 Å². The summed E-state index contributed by atoms with van der Waals surface area (Å²) < 4.78 is 0. The first-order valence-electron chi connectivity index (χ1n) is 10.7. The largest absolute Gasteiger partial charge is 0.317 e. The summed E-state index contributed by atoms with van der Waals surface area (Å²) in [4.78, 5) is 10.7. The van der Waals surface area contributed by atoms with Crippen molar-refractivity contribution in [3.05, 3.63) is 63.4 Å². The van der Waals surface area contributed by atoms with Gasteiger partial charge in [-0.25, -0.2) is 0 Å². The lowest BCUT2D eigenvalue weighted by Gasteiger charge is -2.08. The maximum atomic E-state index is 11.0. The van der Waals surface area contributed by atoms with Crippen LogP contribution in [0.25, 0.3) is 5.57 Å². The topological polar surface area (TPSA) is 79.0 Å². The highest BCUT2D eigenvalue weighted by Gasteiger charge is 2.17. The van der Waals surface area contributed by atoms with Crippen molar-refractivity contribution < 1.29 is 4.92 Å². The number of rotatable bonds is 5. The Labute approximate surface area is 176 Å². The molecule has 1 aliphatic heterocycles. The molecule has 5 heteroatoms. The molecule has 0 spiro atoms. The molecule has 0 aliphatic carbocycles. The van der Waals surface area contributed by atoms with E-state index in [9.17, 15) is 10.1 Å². The maximum Gasteiger partial charge on any atom is 0.249 e. The molecule has 1 fully saturated rings. The van der Waals surface area contributed by atoms with E-state index < -0.39 is 0 Å². The van der Waals surface area contributed by atoms with E-state index in [1.165, 1.54) is 44.8 Å². The van der Waals surface area contributed by atoms with Crippen LogP contribution in [-0.4, -0.2) is 18.0 Å². The number of hydrogen-bond donors (Lipinski definition) is 1. The van der Waals surface area contributed by atoms with Crippen LogP contribution in [0.4, 0.5) is 0 Å². The van der Waals surface area contributed by atoms with Gasteiger partial charge in [0, 0.05) is 12.0 Å². The summed E-state index contributed by atoms with van der Waals surface area (Å²) in [6.07, 6.45) is 9.43. The van der Waals surface area contributed by atoms with Gasteiger partial charge in [-0.1, -0.05) is 64.8 Å². The van der Waals surface area contributed by atoms with Gasteiger partial charge in [0.25, 0.3) is 0 Å². The molecule has 1 aromatic rings. The van der Waals surface area contributed by atoms with Crippen molar-refractivity contribution in [1.29, 1.82) is 5.26 Å². The first kappa shape index (κ1) is 26.6. The van der Waals surface area contributed by atoms with Gasteiger partial charge in [-0.3, -0.25) is 10.1 Å². The Kier molecular flexibility index (Phi) is 15.1. The zero-order chi connectivity index (χ0) is 22.1. The van der Waals surface area contributed by atoms with E-state index in [1.807, 2.05) is 32.9 Å². The van der Waals surface area contributed by atoms with Crippen LogP contribution in [0.3, 0.4) is 0 Å². The molecule has 1 atom stereocenters. The Morgan fingerprint density at radius 2 is 1.79 bits per heavy atom. The summed E-state index contributed by atoms with van der Waals surface area (Å²) in [7, 11) is 0. The second-order valence-corrected chi connectivity index (χ2v) is 7.18. The molecule has 160 valence electrons. The van der Waals surface area contributed by atoms with Gasteiger partial charge in [-0.2, -0.15) is 5.26 Å². The van der Waals surface area contributed by atoms with Gasteiger partial charge in [-0.05, 0) is 56.5 Å². The average molecular weight is 400 g/mol. The summed E-state index contributed by atoms with van der Waals surface area (Å²) in [5, 5.41) is 23.4. The molecular weight excluding hydrogens is 362 g/mol. The fraction of sp³-hybridized carbons (Fsp3) is 0.542. The van der Waals surface area contributed by atoms with E-state index >= 15 is 0 Å². The Bertz CT molecular complexity index is 687. The fourth-order valence-electron chi connectivity index (χ4n) is 2.64. The molecule has 0 bridgehead atoms. The third kappa shape index (κ3) is 11.2. The third-order valence-electron chi connectivity index (χ3n) is 4.51. The first-order valence-corrected chi connectivity index (χ1v) is 10.7. The van der Waals surface area contributed by atoms with Crippen molar-refractivity contribution in [2.45, 2.75) is 66.7 Å². The maximum absolute atomic E-state index is 11.0. The molecule has 1 aromatic carbocycles. The number of benzene rings is 1. The number of piperidine rings is 1. The van der Waals surface area contributed by atoms with Crippen molar-refractivity contribution >= 4 is 5.57 Å². The van der Waals surface area contributed by atoms with E-state index in [1.54, 1.807) is 18.2 Å². The monoisotopic (exact) mass is 399 g/mol. The molecule has 1 saturated heterocycles. The van der Waals surface area contributed by atoms with Gasteiger partial charge in [0.2, 0.25) is 5.70 Å². The lowest BCUT2D eigenvalue weighted by atomic mass is 10.00. The Morgan fingerprint density at radius 1 is 1.21 bits per heavy atom. The molecule has 0 saturated carbocycles. The Morgan fingerprint density at radius 3 is 2.21 bits per heavy atom. The van der Waals surface area contributed by atoms with Crippen molar-refractivity contribution in [3.8, 4) is 6.07 Å². The van der Waals surface area contributed by atoms with Crippen LogP contribution in [0.5, 0.6) is 0 Å². The zero-order valence-electron chi connectivity index (χ0n) is 18.7. The number of nitrogens with zero attached hydrogens (tertiary/aromatic N) is 2. The molecule has 1 aliphatic rings. The lowest BCUT2D eigenvalue weighted by Crippen LogP contribution is -2.21. The molecule has 2 rings (SSSR count). The van der Waals surface area contributed by atoms with Gasteiger partial charge in [0.15, 0.2) is 0 Å². The minimum absolute atomic E-state index is 0.0970. The smallest absolute Gasteiger partial charge is 0.249 e. The van der Waals surface area contributed by atoms with Crippen LogP contribution >= 0.6 is 0 Å². The molecule has 0 radical (unpaired) electrons. The highest BCUT2D eigenvalue weighted by molar-refractivity contribution is 5.70. The van der Waals surface area contributed by atoms with Crippen molar-refractivity contribution in [1.82, 2.24) is 5.32 Å². The van der Waals surface area contributed by atoms with Crippen LogP contribution in [0.15, 0.2) is 42.1 Å². The molecule has 29 heavy (non-hydrogen) atoms. The SMILES string of the molecule is C1CCNCC1.CCC.CCC(C)/C(=C\C=C(/C)c1ccccc1C#N)[N+](=O)[O-]. The molecule has 1 N–H and O–H groups in total. The van der Waals surface area contributed by atoms with Crippen LogP contribution in [0.2, 0.25) is 0 Å². The number of allylic oxidation sites excluding steroid dienone is 4. The third-order valence-corrected chi connectivity index (χ3v) is 4.51. The van der Waals surface area contributed by atoms with E-state index in [0.717, 1.165) is 11.1 Å². The highest BCUT2D eigenvalue weighted by atomic mass is 16.6. The Balaban J connectivity index is 0.000000717. The van der Waals surface area contributed by atoms with Crippen LogP contribution in [0.1, 0.15) is 77.8 Å². The predicted octanol–water partition coefficient (Wildman–Crippen LogP) is 6.34. The molecule has 5 nitrogen and oxygen atoms in total. The van der Waals surface area contributed by atoms with Crippen LogP contribution in [0, 0.1) is 27.4 Å². The molecule has 0 aromatic heterocycles. The molecular formula is C24H37N3O2. The van der Waals surface area contributed by atoms with Gasteiger partial charge in [-0.15, -0.1) is 0 Å².